The lowest BCUT2D eigenvalue weighted by Gasteiger charge is -2.33. The number of halogens is 3. The molecule has 0 saturated carbocycles. The molecule has 8 heteroatoms. The number of amides is 1. The monoisotopic (exact) mass is 758 g/mol. The number of aliphatic imine (C=N–C) groups is 1. The summed E-state index contributed by atoms with van der Waals surface area (Å²) in [6.45, 7) is 11.1. The smallest absolute Gasteiger partial charge is 0.259 e. The van der Waals surface area contributed by atoms with Gasteiger partial charge in [0.15, 0.2) is 0 Å². The minimum Gasteiger partial charge on any atom is -0.487 e. The molecule has 0 bridgehead atoms. The number of fused-ring (bicyclic) bond motifs is 1. The largest absolute Gasteiger partial charge is 0.487 e. The lowest BCUT2D eigenvalue weighted by Crippen LogP contribution is -2.27. The van der Waals surface area contributed by atoms with Gasteiger partial charge in [0.2, 0.25) is 0 Å². The van der Waals surface area contributed by atoms with Gasteiger partial charge in [-0.1, -0.05) is 45.0 Å². The van der Waals surface area contributed by atoms with Gasteiger partial charge in [-0.3, -0.25) is 4.79 Å². The van der Waals surface area contributed by atoms with Crippen molar-refractivity contribution in [2.75, 3.05) is 11.9 Å². The van der Waals surface area contributed by atoms with Crippen molar-refractivity contribution in [2.45, 2.75) is 40.0 Å². The number of thiophene rings is 1. The lowest BCUT2D eigenvalue weighted by molar-refractivity contribution is 0.102. The average molecular weight is 759 g/mol. The predicted octanol–water partition coefficient (Wildman–Crippen LogP) is 9.33. The van der Waals surface area contributed by atoms with Gasteiger partial charge in [-0.25, -0.2) is 4.99 Å². The number of hydrogen-bond acceptors (Lipinski definition) is 4. The van der Waals surface area contributed by atoms with Gasteiger partial charge >= 0.3 is 0 Å². The van der Waals surface area contributed by atoms with E-state index in [1.54, 1.807) is 29.5 Å². The van der Waals surface area contributed by atoms with Crippen molar-refractivity contribution in [1.82, 2.24) is 0 Å². The minimum atomic E-state index is -0.126. The third kappa shape index (κ3) is 6.96. The van der Waals surface area contributed by atoms with Gasteiger partial charge in [0.1, 0.15) is 17.4 Å². The molecule has 194 valence electrons. The minimum absolute atomic E-state index is 0.126. The molecular formula is C29H29ClI2N2O2S. The number of anilines is 1. The predicted molar refractivity (Wildman–Crippen MR) is 174 cm³/mol. The Morgan fingerprint density at radius 2 is 1.92 bits per heavy atom. The molecule has 1 aromatic heterocycles. The normalized spacial score (nSPS) is 15.5. The number of hydrogen-bond donors (Lipinski definition) is 1. The SMILES string of the molecule is C=CCOc1c(I)cc(C=Nc2sc3c(c2C(=O)Nc2ccc(Cl)cc2)CC[C@H](C(C)(C)C)C3)cc1I. The Kier molecular flexibility index (Phi) is 9.40. The summed E-state index contributed by atoms with van der Waals surface area (Å²) in [5.41, 5.74) is 3.73. The summed E-state index contributed by atoms with van der Waals surface area (Å²) >= 11 is 12.2. The number of carbonyl (C=O) groups is 1. The van der Waals surface area contributed by atoms with Crippen LogP contribution in [0.25, 0.3) is 0 Å². The Balaban J connectivity index is 1.69. The van der Waals surface area contributed by atoms with E-state index in [0.29, 0.717) is 28.8 Å². The summed E-state index contributed by atoms with van der Waals surface area (Å²) < 4.78 is 7.82. The van der Waals surface area contributed by atoms with E-state index in [1.807, 2.05) is 30.5 Å². The lowest BCUT2D eigenvalue weighted by atomic mass is 9.72. The van der Waals surface area contributed by atoms with Gasteiger partial charge in [0.05, 0.1) is 12.7 Å². The fourth-order valence-electron chi connectivity index (χ4n) is 4.43. The summed E-state index contributed by atoms with van der Waals surface area (Å²) in [6.07, 6.45) is 6.52. The molecule has 4 rings (SSSR count). The highest BCUT2D eigenvalue weighted by Gasteiger charge is 2.33. The Morgan fingerprint density at radius 1 is 1.24 bits per heavy atom. The van der Waals surface area contributed by atoms with Crippen LogP contribution < -0.4 is 10.1 Å². The first kappa shape index (κ1) is 28.6. The second kappa shape index (κ2) is 12.2. The molecule has 2 aromatic carbocycles. The molecule has 37 heavy (non-hydrogen) atoms. The van der Waals surface area contributed by atoms with E-state index in [0.717, 1.165) is 48.3 Å². The molecule has 0 spiro atoms. The summed E-state index contributed by atoms with van der Waals surface area (Å²) in [5.74, 6) is 1.30. The Bertz CT molecular complexity index is 1320. The van der Waals surface area contributed by atoms with Gasteiger partial charge in [-0.2, -0.15) is 0 Å². The first-order chi connectivity index (χ1) is 17.6. The maximum atomic E-state index is 13.6. The van der Waals surface area contributed by atoms with Crippen LogP contribution in [0, 0.1) is 18.5 Å². The molecule has 1 atom stereocenters. The molecular weight excluding hydrogens is 730 g/mol. The number of ether oxygens (including phenoxy) is 1. The van der Waals surface area contributed by atoms with Crippen molar-refractivity contribution in [3.05, 3.63) is 82.8 Å². The molecule has 1 aliphatic rings. The summed E-state index contributed by atoms with van der Waals surface area (Å²) in [4.78, 5) is 19.7. The molecule has 0 radical (unpaired) electrons. The third-order valence-corrected chi connectivity index (χ3v) is 9.51. The van der Waals surface area contributed by atoms with E-state index in [4.69, 9.17) is 21.3 Å². The number of rotatable bonds is 7. The molecule has 1 heterocycles. The van der Waals surface area contributed by atoms with E-state index >= 15 is 0 Å². The molecule has 0 aliphatic heterocycles. The molecule has 4 nitrogen and oxygen atoms in total. The topological polar surface area (TPSA) is 50.7 Å². The van der Waals surface area contributed by atoms with Gasteiger partial charge in [-0.15, -0.1) is 11.3 Å². The second-order valence-electron chi connectivity index (χ2n) is 10.1. The number of carbonyl (C=O) groups excluding carboxylic acids is 1. The van der Waals surface area contributed by atoms with E-state index in [-0.39, 0.29) is 11.3 Å². The van der Waals surface area contributed by atoms with Crippen molar-refractivity contribution in [2.24, 2.45) is 16.3 Å². The van der Waals surface area contributed by atoms with Crippen molar-refractivity contribution in [1.29, 1.82) is 0 Å². The van der Waals surface area contributed by atoms with Crippen molar-refractivity contribution in [3.63, 3.8) is 0 Å². The van der Waals surface area contributed by atoms with Crippen molar-refractivity contribution >= 4 is 90.9 Å². The van der Waals surface area contributed by atoms with Crippen molar-refractivity contribution in [3.8, 4) is 5.75 Å². The Morgan fingerprint density at radius 3 is 2.54 bits per heavy atom. The standard InChI is InChI=1S/C29H29ClI2N2O2S/c1-5-12-36-26-22(31)13-17(14-23(26)32)16-33-28-25(27(35)34-20-9-7-19(30)8-10-20)21-11-6-18(29(2,3)4)15-24(21)37-28/h5,7-10,13-14,16,18H,1,6,11-12,15H2,2-4H3,(H,34,35)/t18-/m0/s1. The summed E-state index contributed by atoms with van der Waals surface area (Å²) in [6, 6.07) is 11.3. The molecule has 1 amide bonds. The fourth-order valence-corrected chi connectivity index (χ4v) is 7.95. The molecule has 1 aliphatic carbocycles. The van der Waals surface area contributed by atoms with Crippen LogP contribution in [0.1, 0.15) is 53.6 Å². The number of benzene rings is 2. The zero-order chi connectivity index (χ0) is 26.7. The summed E-state index contributed by atoms with van der Waals surface area (Å²) in [5, 5.41) is 4.44. The molecule has 0 fully saturated rings. The molecule has 0 unspecified atom stereocenters. The first-order valence-corrected chi connectivity index (χ1v) is 15.4. The highest BCUT2D eigenvalue weighted by Crippen LogP contribution is 2.45. The van der Waals surface area contributed by atoms with Crippen LogP contribution in [0.15, 0.2) is 54.0 Å². The van der Waals surface area contributed by atoms with Crippen LogP contribution in [0.2, 0.25) is 5.02 Å². The zero-order valence-corrected chi connectivity index (χ0v) is 26.9. The first-order valence-electron chi connectivity index (χ1n) is 12.0. The van der Waals surface area contributed by atoms with E-state index < -0.39 is 0 Å². The van der Waals surface area contributed by atoms with Gasteiger partial charge < -0.3 is 10.1 Å². The molecule has 3 aromatic rings. The zero-order valence-electron chi connectivity index (χ0n) is 21.0. The van der Waals surface area contributed by atoms with Crippen LogP contribution in [0.3, 0.4) is 0 Å². The van der Waals surface area contributed by atoms with Gasteiger partial charge in [0.25, 0.3) is 5.91 Å². The Hall–Kier alpha value is -1.43. The van der Waals surface area contributed by atoms with E-state index in [2.05, 4.69) is 77.8 Å². The van der Waals surface area contributed by atoms with Gasteiger partial charge in [0, 0.05) is 21.8 Å². The van der Waals surface area contributed by atoms with Crippen molar-refractivity contribution < 1.29 is 9.53 Å². The Labute approximate surface area is 255 Å². The number of nitrogens with zero attached hydrogens (tertiary/aromatic N) is 1. The summed E-state index contributed by atoms with van der Waals surface area (Å²) in [7, 11) is 0. The van der Waals surface area contributed by atoms with Crippen LogP contribution >= 0.6 is 68.1 Å². The number of nitrogens with one attached hydrogen (secondary N) is 1. The van der Waals surface area contributed by atoms with E-state index in [1.165, 1.54) is 4.88 Å². The third-order valence-electron chi connectivity index (χ3n) is 6.50. The van der Waals surface area contributed by atoms with Crippen LogP contribution in [-0.2, 0) is 12.8 Å². The second-order valence-corrected chi connectivity index (χ2v) is 14.0. The van der Waals surface area contributed by atoms with Crippen LogP contribution in [0.4, 0.5) is 10.7 Å². The fraction of sp³-hybridized carbons (Fsp3) is 0.310. The van der Waals surface area contributed by atoms with Gasteiger partial charge in [-0.05, 0) is 123 Å². The molecule has 1 N–H and O–H groups in total. The molecule has 0 saturated heterocycles. The average Bonchev–Trinajstić information content (AvgIpc) is 3.21. The highest BCUT2D eigenvalue weighted by molar-refractivity contribution is 14.1. The maximum Gasteiger partial charge on any atom is 0.259 e. The van der Waals surface area contributed by atoms with E-state index in [9.17, 15) is 4.79 Å². The maximum absolute atomic E-state index is 13.6. The van der Waals surface area contributed by atoms with Crippen LogP contribution in [0.5, 0.6) is 5.75 Å². The highest BCUT2D eigenvalue weighted by atomic mass is 127. The quantitative estimate of drug-likeness (QED) is 0.148. The van der Waals surface area contributed by atoms with Crippen LogP contribution in [-0.4, -0.2) is 18.7 Å².